The zero-order chi connectivity index (χ0) is 19.4. The molecular weight excluding hydrogens is 338 g/mol. The molecule has 0 bridgehead atoms. The number of hydrogen-bond acceptors (Lipinski definition) is 4. The van der Waals surface area contributed by atoms with Gasteiger partial charge in [-0.15, -0.1) is 10.2 Å². The van der Waals surface area contributed by atoms with Gasteiger partial charge >= 0.3 is 0 Å². The fraction of sp³-hybridized carbons (Fsp3) is 0.571. The molecule has 27 heavy (non-hydrogen) atoms. The standard InChI is InChI=1S/C21H31N5O/c1-16-7-9-17(10-8-16)11-12-20(27)26-13-5-6-18(14-26)21-23-22-19(25(21)4)15-24(2)3/h7-10,18H,5-6,11-15H2,1-4H3/t18-/m0/s1. The van der Waals surface area contributed by atoms with Gasteiger partial charge in [0.2, 0.25) is 5.91 Å². The highest BCUT2D eigenvalue weighted by Crippen LogP contribution is 2.26. The lowest BCUT2D eigenvalue weighted by molar-refractivity contribution is -0.132. The molecular formula is C21H31N5O. The number of carbonyl (C=O) groups is 1. The van der Waals surface area contributed by atoms with Crippen molar-refractivity contribution in [2.45, 2.75) is 45.1 Å². The summed E-state index contributed by atoms with van der Waals surface area (Å²) in [7, 11) is 6.10. The second-order valence-electron chi connectivity index (χ2n) is 7.94. The molecule has 6 nitrogen and oxygen atoms in total. The van der Waals surface area contributed by atoms with Crippen molar-refractivity contribution in [3.8, 4) is 0 Å². The highest BCUT2D eigenvalue weighted by Gasteiger charge is 2.28. The summed E-state index contributed by atoms with van der Waals surface area (Å²) in [4.78, 5) is 16.8. The van der Waals surface area contributed by atoms with E-state index in [4.69, 9.17) is 0 Å². The first-order chi connectivity index (χ1) is 12.9. The van der Waals surface area contributed by atoms with Crippen molar-refractivity contribution < 1.29 is 4.79 Å². The van der Waals surface area contributed by atoms with Crippen molar-refractivity contribution in [1.82, 2.24) is 24.6 Å². The van der Waals surface area contributed by atoms with Crippen molar-refractivity contribution in [3.05, 3.63) is 47.0 Å². The predicted molar refractivity (Wildman–Crippen MR) is 106 cm³/mol. The molecule has 1 saturated heterocycles. The van der Waals surface area contributed by atoms with E-state index in [2.05, 4.69) is 50.9 Å². The van der Waals surface area contributed by atoms with Crippen LogP contribution in [0.3, 0.4) is 0 Å². The van der Waals surface area contributed by atoms with E-state index >= 15 is 0 Å². The molecule has 0 spiro atoms. The Labute approximate surface area is 162 Å². The van der Waals surface area contributed by atoms with E-state index < -0.39 is 0 Å². The zero-order valence-electron chi connectivity index (χ0n) is 17.0. The Morgan fingerprint density at radius 2 is 1.96 bits per heavy atom. The van der Waals surface area contributed by atoms with E-state index in [0.29, 0.717) is 6.42 Å². The normalized spacial score (nSPS) is 17.5. The first-order valence-electron chi connectivity index (χ1n) is 9.80. The lowest BCUT2D eigenvalue weighted by Gasteiger charge is -2.32. The molecule has 1 amide bonds. The smallest absolute Gasteiger partial charge is 0.222 e. The number of rotatable bonds is 6. The van der Waals surface area contributed by atoms with Gasteiger partial charge < -0.3 is 14.4 Å². The first-order valence-corrected chi connectivity index (χ1v) is 9.80. The maximum absolute atomic E-state index is 12.7. The van der Waals surface area contributed by atoms with Crippen LogP contribution in [0.5, 0.6) is 0 Å². The van der Waals surface area contributed by atoms with Crippen LogP contribution in [0.1, 0.15) is 48.0 Å². The Balaban J connectivity index is 1.59. The van der Waals surface area contributed by atoms with Gasteiger partial charge in [-0.25, -0.2) is 0 Å². The second-order valence-corrected chi connectivity index (χ2v) is 7.94. The van der Waals surface area contributed by atoms with Crippen LogP contribution < -0.4 is 0 Å². The Morgan fingerprint density at radius 3 is 2.67 bits per heavy atom. The Bertz CT molecular complexity index is 765. The fourth-order valence-corrected chi connectivity index (χ4v) is 3.73. The topological polar surface area (TPSA) is 54.3 Å². The number of benzene rings is 1. The molecule has 6 heteroatoms. The highest BCUT2D eigenvalue weighted by atomic mass is 16.2. The summed E-state index contributed by atoms with van der Waals surface area (Å²) in [5.41, 5.74) is 2.48. The summed E-state index contributed by atoms with van der Waals surface area (Å²) in [6.07, 6.45) is 3.46. The summed E-state index contributed by atoms with van der Waals surface area (Å²) in [5.74, 6) is 2.49. The Morgan fingerprint density at radius 1 is 1.22 bits per heavy atom. The van der Waals surface area contributed by atoms with Crippen LogP contribution in [-0.4, -0.2) is 57.7 Å². The lowest BCUT2D eigenvalue weighted by atomic mass is 9.96. The summed E-state index contributed by atoms with van der Waals surface area (Å²) < 4.78 is 2.10. The molecule has 0 unspecified atom stereocenters. The van der Waals surface area contributed by atoms with Crippen LogP contribution in [0, 0.1) is 6.92 Å². The molecule has 1 atom stereocenters. The first kappa shape index (κ1) is 19.5. The van der Waals surface area contributed by atoms with Crippen molar-refractivity contribution >= 4 is 5.91 Å². The van der Waals surface area contributed by atoms with Gasteiger partial charge in [0.25, 0.3) is 0 Å². The number of amides is 1. The monoisotopic (exact) mass is 369 g/mol. The number of carbonyl (C=O) groups excluding carboxylic acids is 1. The lowest BCUT2D eigenvalue weighted by Crippen LogP contribution is -2.39. The fourth-order valence-electron chi connectivity index (χ4n) is 3.73. The molecule has 2 aromatic rings. The molecule has 2 heterocycles. The molecule has 1 aromatic carbocycles. The highest BCUT2D eigenvalue weighted by molar-refractivity contribution is 5.76. The minimum absolute atomic E-state index is 0.246. The molecule has 1 fully saturated rings. The molecule has 0 saturated carbocycles. The minimum atomic E-state index is 0.246. The van der Waals surface area contributed by atoms with Crippen molar-refractivity contribution in [2.75, 3.05) is 27.2 Å². The van der Waals surface area contributed by atoms with Crippen LogP contribution in [-0.2, 0) is 24.8 Å². The summed E-state index contributed by atoms with van der Waals surface area (Å²) >= 11 is 0. The number of aromatic nitrogens is 3. The van der Waals surface area contributed by atoms with Crippen LogP contribution in [0.15, 0.2) is 24.3 Å². The second kappa shape index (κ2) is 8.65. The summed E-state index contributed by atoms with van der Waals surface area (Å²) in [5, 5.41) is 8.79. The van der Waals surface area contributed by atoms with Gasteiger partial charge in [-0.1, -0.05) is 29.8 Å². The number of hydrogen-bond donors (Lipinski definition) is 0. The number of piperidine rings is 1. The molecule has 1 aromatic heterocycles. The molecule has 1 aliphatic heterocycles. The van der Waals surface area contributed by atoms with Crippen LogP contribution in [0.2, 0.25) is 0 Å². The van der Waals surface area contributed by atoms with Crippen molar-refractivity contribution in [1.29, 1.82) is 0 Å². The predicted octanol–water partition coefficient (Wildman–Crippen LogP) is 2.52. The van der Waals surface area contributed by atoms with Gasteiger partial charge in [-0.2, -0.15) is 0 Å². The number of aryl methyl sites for hydroxylation is 2. The molecule has 0 radical (unpaired) electrons. The van der Waals surface area contributed by atoms with Crippen molar-refractivity contribution in [3.63, 3.8) is 0 Å². The maximum atomic E-state index is 12.7. The summed E-state index contributed by atoms with van der Waals surface area (Å²) in [6.45, 7) is 4.46. The average Bonchev–Trinajstić information content (AvgIpc) is 3.01. The zero-order valence-corrected chi connectivity index (χ0v) is 17.0. The minimum Gasteiger partial charge on any atom is -0.342 e. The molecule has 3 rings (SSSR count). The summed E-state index contributed by atoms with van der Waals surface area (Å²) in [6, 6.07) is 8.45. The van der Waals surface area contributed by atoms with Crippen molar-refractivity contribution in [2.24, 2.45) is 7.05 Å². The van der Waals surface area contributed by atoms with E-state index in [0.717, 1.165) is 50.5 Å². The van der Waals surface area contributed by atoms with E-state index in [-0.39, 0.29) is 11.8 Å². The number of likely N-dealkylation sites (tertiary alicyclic amines) is 1. The molecule has 0 aliphatic carbocycles. The molecule has 1 aliphatic rings. The van der Waals surface area contributed by atoms with Gasteiger partial charge in [0.15, 0.2) is 0 Å². The van der Waals surface area contributed by atoms with Gasteiger partial charge in [-0.05, 0) is 45.8 Å². The third kappa shape index (κ3) is 4.95. The van der Waals surface area contributed by atoms with E-state index in [1.807, 2.05) is 26.0 Å². The van der Waals surface area contributed by atoms with Gasteiger partial charge in [0, 0.05) is 32.5 Å². The van der Waals surface area contributed by atoms with E-state index in [9.17, 15) is 4.79 Å². The third-order valence-corrected chi connectivity index (χ3v) is 5.34. The third-order valence-electron chi connectivity index (χ3n) is 5.34. The number of nitrogens with zero attached hydrogens (tertiary/aromatic N) is 5. The Hall–Kier alpha value is -2.21. The van der Waals surface area contributed by atoms with Crippen LogP contribution in [0.25, 0.3) is 0 Å². The average molecular weight is 370 g/mol. The van der Waals surface area contributed by atoms with Gasteiger partial charge in [0.1, 0.15) is 11.6 Å². The largest absolute Gasteiger partial charge is 0.342 e. The maximum Gasteiger partial charge on any atom is 0.222 e. The quantitative estimate of drug-likeness (QED) is 0.785. The van der Waals surface area contributed by atoms with Gasteiger partial charge in [0.05, 0.1) is 6.54 Å². The Kier molecular flexibility index (Phi) is 6.26. The SMILES string of the molecule is Cc1ccc(CCC(=O)N2CCC[C@H](c3nnc(CN(C)C)n3C)C2)cc1. The van der Waals surface area contributed by atoms with Gasteiger partial charge in [-0.3, -0.25) is 4.79 Å². The van der Waals surface area contributed by atoms with E-state index in [1.165, 1.54) is 11.1 Å². The molecule has 146 valence electrons. The van der Waals surface area contributed by atoms with Crippen LogP contribution >= 0.6 is 0 Å². The van der Waals surface area contributed by atoms with E-state index in [1.54, 1.807) is 0 Å². The van der Waals surface area contributed by atoms with Crippen LogP contribution in [0.4, 0.5) is 0 Å². The molecule has 0 N–H and O–H groups in total.